The smallest absolute Gasteiger partial charge is 0.250 e. The van der Waals surface area contributed by atoms with Crippen LogP contribution in [0.4, 0.5) is 0 Å². The molecule has 0 saturated heterocycles. The van der Waals surface area contributed by atoms with Gasteiger partial charge in [0.2, 0.25) is 0 Å². The van der Waals surface area contributed by atoms with Crippen molar-refractivity contribution < 1.29 is 9.59 Å². The lowest BCUT2D eigenvalue weighted by atomic mass is 10.0. The molecular weight excluding hydrogens is 262 g/mol. The van der Waals surface area contributed by atoms with Crippen molar-refractivity contribution in [3.8, 4) is 0 Å². The van der Waals surface area contributed by atoms with Crippen LogP contribution in [0.2, 0.25) is 0 Å². The molecule has 3 aromatic carbocycles. The maximum Gasteiger partial charge on any atom is 0.250 e. The predicted molar refractivity (Wildman–Crippen MR) is 83.7 cm³/mol. The Morgan fingerprint density at radius 1 is 0.571 bits per heavy atom. The molecule has 3 heteroatoms. The van der Waals surface area contributed by atoms with Gasteiger partial charge in [-0.2, -0.15) is 0 Å². The highest BCUT2D eigenvalue weighted by molar-refractivity contribution is 6.12. The zero-order valence-corrected chi connectivity index (χ0v) is 11.2. The molecule has 4 rings (SSSR count). The molecule has 3 nitrogen and oxygen atoms in total. The van der Waals surface area contributed by atoms with Crippen molar-refractivity contribution in [2.24, 2.45) is 0 Å². The van der Waals surface area contributed by atoms with Gasteiger partial charge in [-0.1, -0.05) is 48.5 Å². The van der Waals surface area contributed by atoms with Crippen LogP contribution in [0.15, 0.2) is 72.8 Å². The van der Waals surface area contributed by atoms with Crippen LogP contribution in [-0.2, 0) is 9.59 Å². The summed E-state index contributed by atoms with van der Waals surface area (Å²) in [5.74, 6) is -0.657. The quantitative estimate of drug-likeness (QED) is 0.506. The Labute approximate surface area is 121 Å². The minimum Gasteiger partial charge on any atom is -0.289 e. The van der Waals surface area contributed by atoms with E-state index in [1.165, 1.54) is 33.7 Å². The molecule has 0 radical (unpaired) electrons. The number of rotatable bonds is 0. The Morgan fingerprint density at radius 3 is 1.14 bits per heavy atom. The second-order valence-corrected chi connectivity index (χ2v) is 4.73. The van der Waals surface area contributed by atoms with Crippen molar-refractivity contribution in [2.45, 2.75) is 0 Å². The van der Waals surface area contributed by atoms with E-state index in [-0.39, 0.29) is 11.8 Å². The lowest BCUT2D eigenvalue weighted by molar-refractivity contribution is -0.123. The minimum atomic E-state index is -0.329. The van der Waals surface area contributed by atoms with Crippen molar-refractivity contribution >= 4 is 33.4 Å². The Bertz CT molecular complexity index is 744. The zero-order chi connectivity index (χ0) is 14.7. The highest BCUT2D eigenvalue weighted by Gasteiger charge is 2.06. The van der Waals surface area contributed by atoms with Gasteiger partial charge in [-0.3, -0.25) is 14.9 Å². The number of carbonyl (C=O) groups excluding carboxylic acids is 2. The summed E-state index contributed by atoms with van der Waals surface area (Å²) in [6.07, 6.45) is 2.39. The second-order valence-electron chi connectivity index (χ2n) is 4.73. The average Bonchev–Trinajstić information content (AvgIpc) is 2.89. The summed E-state index contributed by atoms with van der Waals surface area (Å²) in [5.41, 5.74) is 0. The molecule has 3 aromatic rings. The van der Waals surface area contributed by atoms with Crippen LogP contribution in [-0.4, -0.2) is 11.8 Å². The Kier molecular flexibility index (Phi) is 3.48. The van der Waals surface area contributed by atoms with E-state index in [9.17, 15) is 9.59 Å². The largest absolute Gasteiger partial charge is 0.289 e. The van der Waals surface area contributed by atoms with Gasteiger partial charge in [-0.05, 0) is 33.7 Å². The van der Waals surface area contributed by atoms with Gasteiger partial charge in [-0.25, -0.2) is 0 Å². The van der Waals surface area contributed by atoms with Gasteiger partial charge < -0.3 is 0 Å². The standard InChI is InChI=1S/C14H10.C4H3NO2/c1-2-6-12-10-14-8-4-3-7-13(14)9-11(12)5-1;6-3-1-2-4(7)5-3/h1-10H;1-2H,(H,5,6,7). The SMILES string of the molecule is O=C1C=CC(=O)N1.c1ccc2cc3ccccc3cc2c1. The number of hydrogen-bond acceptors (Lipinski definition) is 2. The maximum atomic E-state index is 10.0. The molecule has 0 aliphatic carbocycles. The molecule has 102 valence electrons. The van der Waals surface area contributed by atoms with Crippen LogP contribution in [0.5, 0.6) is 0 Å². The summed E-state index contributed by atoms with van der Waals surface area (Å²) in [5, 5.41) is 7.27. The zero-order valence-electron chi connectivity index (χ0n) is 11.2. The molecule has 0 atom stereocenters. The normalized spacial score (nSPS) is 13.1. The van der Waals surface area contributed by atoms with Crippen molar-refractivity contribution in [3.05, 3.63) is 72.8 Å². The topological polar surface area (TPSA) is 46.2 Å². The predicted octanol–water partition coefficient (Wildman–Crippen LogP) is 3.19. The lowest BCUT2D eigenvalue weighted by Crippen LogP contribution is -2.19. The first-order valence-corrected chi connectivity index (χ1v) is 6.63. The highest BCUT2D eigenvalue weighted by atomic mass is 16.2. The third-order valence-corrected chi connectivity index (χ3v) is 3.25. The lowest BCUT2D eigenvalue weighted by Gasteiger charge is -2.00. The average molecular weight is 275 g/mol. The molecule has 1 aliphatic rings. The number of hydrogen-bond donors (Lipinski definition) is 1. The van der Waals surface area contributed by atoms with E-state index in [4.69, 9.17) is 0 Å². The van der Waals surface area contributed by atoms with Crippen molar-refractivity contribution in [1.82, 2.24) is 5.32 Å². The fourth-order valence-corrected chi connectivity index (χ4v) is 2.24. The molecule has 2 amide bonds. The molecule has 1 aliphatic heterocycles. The molecule has 0 bridgehead atoms. The van der Waals surface area contributed by atoms with E-state index < -0.39 is 0 Å². The van der Waals surface area contributed by atoms with Crippen molar-refractivity contribution in [1.29, 1.82) is 0 Å². The third kappa shape index (κ3) is 2.98. The van der Waals surface area contributed by atoms with Gasteiger partial charge in [0.05, 0.1) is 0 Å². The number of nitrogens with one attached hydrogen (secondary N) is 1. The first kappa shape index (κ1) is 13.1. The van der Waals surface area contributed by atoms with Gasteiger partial charge >= 0.3 is 0 Å². The summed E-state index contributed by atoms with van der Waals surface area (Å²) in [6, 6.07) is 21.4. The number of amides is 2. The van der Waals surface area contributed by atoms with E-state index in [0.717, 1.165) is 0 Å². The van der Waals surface area contributed by atoms with E-state index in [1.807, 2.05) is 5.32 Å². The number of imide groups is 1. The molecule has 1 N–H and O–H groups in total. The molecule has 1 heterocycles. The Morgan fingerprint density at radius 2 is 0.905 bits per heavy atom. The van der Waals surface area contributed by atoms with Gasteiger partial charge in [-0.15, -0.1) is 0 Å². The molecule has 21 heavy (non-hydrogen) atoms. The molecule has 0 spiro atoms. The van der Waals surface area contributed by atoms with Gasteiger partial charge in [0.25, 0.3) is 11.8 Å². The van der Waals surface area contributed by atoms with E-state index in [2.05, 4.69) is 60.7 Å². The monoisotopic (exact) mass is 275 g/mol. The van der Waals surface area contributed by atoms with Crippen LogP contribution < -0.4 is 5.32 Å². The fourth-order valence-electron chi connectivity index (χ4n) is 2.24. The first-order chi connectivity index (χ1) is 10.2. The Balaban J connectivity index is 0.000000160. The highest BCUT2D eigenvalue weighted by Crippen LogP contribution is 2.21. The van der Waals surface area contributed by atoms with E-state index >= 15 is 0 Å². The second kappa shape index (κ2) is 5.59. The molecule has 0 saturated carbocycles. The third-order valence-electron chi connectivity index (χ3n) is 3.25. The van der Waals surface area contributed by atoms with E-state index in [1.54, 1.807) is 0 Å². The summed E-state index contributed by atoms with van der Waals surface area (Å²) in [6.45, 7) is 0. The number of carbonyl (C=O) groups is 2. The maximum absolute atomic E-state index is 10.0. The van der Waals surface area contributed by atoms with Crippen molar-refractivity contribution in [3.63, 3.8) is 0 Å². The van der Waals surface area contributed by atoms with Crippen LogP contribution in [0, 0.1) is 0 Å². The molecular formula is C18H13NO2. The van der Waals surface area contributed by atoms with Crippen LogP contribution >= 0.6 is 0 Å². The Hall–Kier alpha value is -2.94. The molecule has 0 unspecified atom stereocenters. The van der Waals surface area contributed by atoms with Crippen molar-refractivity contribution in [2.75, 3.05) is 0 Å². The molecule has 0 fully saturated rings. The summed E-state index contributed by atoms with van der Waals surface area (Å²) in [4.78, 5) is 20.1. The minimum absolute atomic E-state index is 0.329. The number of fused-ring (bicyclic) bond motifs is 2. The first-order valence-electron chi connectivity index (χ1n) is 6.63. The fraction of sp³-hybridized carbons (Fsp3) is 0. The number of benzene rings is 3. The van der Waals surface area contributed by atoms with Crippen LogP contribution in [0.25, 0.3) is 21.5 Å². The molecule has 0 aromatic heterocycles. The van der Waals surface area contributed by atoms with E-state index in [0.29, 0.717) is 0 Å². The summed E-state index contributed by atoms with van der Waals surface area (Å²) < 4.78 is 0. The van der Waals surface area contributed by atoms with Crippen LogP contribution in [0.3, 0.4) is 0 Å². The van der Waals surface area contributed by atoms with Gasteiger partial charge in [0, 0.05) is 12.2 Å². The summed E-state index contributed by atoms with van der Waals surface area (Å²) >= 11 is 0. The van der Waals surface area contributed by atoms with Crippen LogP contribution in [0.1, 0.15) is 0 Å². The van der Waals surface area contributed by atoms with Gasteiger partial charge in [0.1, 0.15) is 0 Å². The summed E-state index contributed by atoms with van der Waals surface area (Å²) in [7, 11) is 0. The van der Waals surface area contributed by atoms with Gasteiger partial charge in [0.15, 0.2) is 0 Å².